The van der Waals surface area contributed by atoms with Crippen molar-refractivity contribution in [1.29, 1.82) is 0 Å². The molecule has 0 unspecified atom stereocenters. The Hall–Kier alpha value is -1.22. The Labute approximate surface area is 170 Å². The molecule has 2 aromatic rings. The zero-order valence-corrected chi connectivity index (χ0v) is 17.3. The third-order valence-corrected chi connectivity index (χ3v) is 4.09. The van der Waals surface area contributed by atoms with E-state index in [1.807, 2.05) is 0 Å². The van der Waals surface area contributed by atoms with Crippen molar-refractivity contribution in [3.05, 3.63) is 23.5 Å². The van der Waals surface area contributed by atoms with Crippen LogP contribution in [0.25, 0.3) is 0 Å². The van der Waals surface area contributed by atoms with Crippen molar-refractivity contribution in [2.45, 2.75) is 4.90 Å². The van der Waals surface area contributed by atoms with Crippen LogP contribution >= 0.6 is 11.6 Å². The van der Waals surface area contributed by atoms with Crippen LogP contribution in [-0.4, -0.2) is 42.6 Å². The number of rotatable bonds is 5. The first-order valence-corrected chi connectivity index (χ1v) is 9.63. The Bertz CT molecular complexity index is 981. The van der Waals surface area contributed by atoms with E-state index in [-0.39, 0.29) is 58.1 Å². The van der Waals surface area contributed by atoms with E-state index in [9.17, 15) is 21.4 Å². The molecule has 15 heteroatoms. The van der Waals surface area contributed by atoms with Crippen molar-refractivity contribution < 1.29 is 50.9 Å². The second kappa shape index (κ2) is 7.99. The summed E-state index contributed by atoms with van der Waals surface area (Å²) in [6, 6.07) is 3.13. The first-order valence-electron chi connectivity index (χ1n) is 5.96. The number of aromatic nitrogens is 3. The normalized spacial score (nSPS) is 11.5. The average Bonchev–Trinajstić information content (AvgIpc) is 2.33. The summed E-state index contributed by atoms with van der Waals surface area (Å²) < 4.78 is 58.7. The van der Waals surface area contributed by atoms with E-state index in [2.05, 4.69) is 25.0 Å². The molecule has 0 saturated heterocycles. The van der Waals surface area contributed by atoms with Gasteiger partial charge < -0.3 is 15.6 Å². The number of nitrogens with one attached hydrogen (secondary N) is 2. The van der Waals surface area contributed by atoms with Crippen LogP contribution in [0.4, 0.5) is 23.3 Å². The van der Waals surface area contributed by atoms with Gasteiger partial charge in [0.25, 0.3) is 0 Å². The van der Waals surface area contributed by atoms with Gasteiger partial charge in [0.2, 0.25) is 27.2 Å². The molecule has 0 aliphatic heterocycles. The van der Waals surface area contributed by atoms with E-state index in [1.165, 1.54) is 0 Å². The number of nitrogens with zero attached hydrogens (tertiary/aromatic N) is 3. The van der Waals surface area contributed by atoms with Crippen molar-refractivity contribution in [3.63, 3.8) is 0 Å². The summed E-state index contributed by atoms with van der Waals surface area (Å²) in [4.78, 5) is 10.2. The van der Waals surface area contributed by atoms with Gasteiger partial charge in [-0.25, -0.2) is 16.8 Å². The fraction of sp³-hybridized carbons (Fsp3) is 0.100. The molecule has 0 atom stereocenters. The molecule has 1 heterocycles. The quantitative estimate of drug-likeness (QED) is 0.338. The van der Waals surface area contributed by atoms with E-state index in [1.54, 1.807) is 0 Å². The molecule has 1 aromatic heterocycles. The summed E-state index contributed by atoms with van der Waals surface area (Å²) in [5.41, 5.74) is 5.14. The summed E-state index contributed by atoms with van der Waals surface area (Å²) in [6.07, 6.45) is 0.908. The number of sulfonamides is 1. The summed E-state index contributed by atoms with van der Waals surface area (Å²) in [6.45, 7) is 0. The van der Waals surface area contributed by atoms with Crippen LogP contribution in [0.3, 0.4) is 0 Å². The summed E-state index contributed by atoms with van der Waals surface area (Å²) >= 11 is 5.61. The van der Waals surface area contributed by atoms with Gasteiger partial charge in [0.15, 0.2) is 0 Å². The zero-order valence-electron chi connectivity index (χ0n) is 12.9. The van der Waals surface area contributed by atoms with Crippen molar-refractivity contribution >= 4 is 55.0 Å². The van der Waals surface area contributed by atoms with Crippen LogP contribution in [0.2, 0.25) is 5.28 Å². The summed E-state index contributed by atoms with van der Waals surface area (Å²) in [7, 11) is -8.48. The summed E-state index contributed by atoms with van der Waals surface area (Å²) in [5, 5.41) is 2.18. The number of benzene rings is 1. The van der Waals surface area contributed by atoms with Gasteiger partial charge in [0.05, 0.1) is 22.5 Å². The SMILES string of the molecule is CS(=O)(=O)Nc1ccc(S(=O)(=O)[O-])c(Nc2nc(N)nc(Cl)n2)c1.[Na+]. The van der Waals surface area contributed by atoms with Crippen LogP contribution in [0.15, 0.2) is 23.1 Å². The van der Waals surface area contributed by atoms with Crippen LogP contribution in [0, 0.1) is 0 Å². The Morgan fingerprint density at radius 2 is 1.80 bits per heavy atom. The summed E-state index contributed by atoms with van der Waals surface area (Å²) in [5.74, 6) is -0.469. The number of nitrogens with two attached hydrogens (primary N) is 1. The molecule has 0 bridgehead atoms. The van der Waals surface area contributed by atoms with Gasteiger partial charge in [-0.15, -0.1) is 0 Å². The molecule has 1 aromatic carbocycles. The maximum Gasteiger partial charge on any atom is 1.00 e. The smallest absolute Gasteiger partial charge is 0.744 e. The molecule has 0 aliphatic carbocycles. The molecule has 4 N–H and O–H groups in total. The van der Waals surface area contributed by atoms with Gasteiger partial charge in [-0.1, -0.05) is 0 Å². The maximum atomic E-state index is 11.3. The minimum Gasteiger partial charge on any atom is -0.744 e. The van der Waals surface area contributed by atoms with Crippen molar-refractivity contribution in [2.24, 2.45) is 0 Å². The largest absolute Gasteiger partial charge is 1.00 e. The number of anilines is 4. The molecule has 0 radical (unpaired) electrons. The third-order valence-electron chi connectivity index (χ3n) is 2.42. The standard InChI is InChI=1S/C10H11ClN6O5S2.Na/c1-23(18,19)17-5-2-3-7(24(20,21)22)6(4-5)13-10-15-8(11)14-9(12)16-10;/h2-4,17H,1H3,(H,20,21,22)(H3,12,13,14,15,16);/q;+1/p-1. The molecule has 11 nitrogen and oxygen atoms in total. The van der Waals surface area contributed by atoms with Gasteiger partial charge in [0.1, 0.15) is 10.1 Å². The average molecular weight is 417 g/mol. The third kappa shape index (κ3) is 6.54. The second-order valence-electron chi connectivity index (χ2n) is 4.45. The Balaban J connectivity index is 0.00000312. The topological polar surface area (TPSA) is 180 Å². The van der Waals surface area contributed by atoms with E-state index < -0.39 is 25.0 Å². The predicted molar refractivity (Wildman–Crippen MR) is 85.4 cm³/mol. The van der Waals surface area contributed by atoms with Gasteiger partial charge in [-0.2, -0.15) is 15.0 Å². The number of halogens is 1. The van der Waals surface area contributed by atoms with Crippen LogP contribution in [0.1, 0.15) is 0 Å². The minimum absolute atomic E-state index is 0. The molecule has 0 saturated carbocycles. The van der Waals surface area contributed by atoms with E-state index in [0.29, 0.717) is 0 Å². The van der Waals surface area contributed by atoms with Crippen molar-refractivity contribution in [2.75, 3.05) is 22.0 Å². The molecule has 0 aliphatic rings. The van der Waals surface area contributed by atoms with Crippen molar-refractivity contribution in [3.8, 4) is 0 Å². The van der Waals surface area contributed by atoms with Gasteiger partial charge in [-0.3, -0.25) is 4.72 Å². The molecule has 0 spiro atoms. The van der Waals surface area contributed by atoms with E-state index in [4.69, 9.17) is 17.3 Å². The molecule has 0 amide bonds. The van der Waals surface area contributed by atoms with Gasteiger partial charge in [0, 0.05) is 0 Å². The second-order valence-corrected chi connectivity index (χ2v) is 7.89. The van der Waals surface area contributed by atoms with Gasteiger partial charge >= 0.3 is 29.6 Å². The number of nitrogen functional groups attached to an aromatic ring is 1. The number of hydrogen-bond donors (Lipinski definition) is 3. The Kier molecular flexibility index (Phi) is 6.97. The molecule has 25 heavy (non-hydrogen) atoms. The molecular weight excluding hydrogens is 407 g/mol. The number of hydrogen-bond acceptors (Lipinski definition) is 10. The first kappa shape index (κ1) is 21.8. The maximum absolute atomic E-state index is 11.3. The fourth-order valence-corrected chi connectivity index (χ4v) is 3.00. The first-order chi connectivity index (χ1) is 10.9. The predicted octanol–water partition coefficient (Wildman–Crippen LogP) is -2.87. The fourth-order valence-electron chi connectivity index (χ4n) is 1.67. The molecular formula is C10H10ClN6NaO5S2. The Morgan fingerprint density at radius 1 is 1.16 bits per heavy atom. The monoisotopic (exact) mass is 416 g/mol. The zero-order chi connectivity index (χ0) is 18.1. The van der Waals surface area contributed by atoms with Crippen LogP contribution in [-0.2, 0) is 20.1 Å². The molecule has 0 fully saturated rings. The minimum atomic E-state index is -4.86. The van der Waals surface area contributed by atoms with E-state index >= 15 is 0 Å². The molecule has 130 valence electrons. The molecule has 2 rings (SSSR count). The van der Waals surface area contributed by atoms with E-state index in [0.717, 1.165) is 24.5 Å². The Morgan fingerprint density at radius 3 is 2.32 bits per heavy atom. The van der Waals surface area contributed by atoms with Gasteiger partial charge in [-0.05, 0) is 29.8 Å². The van der Waals surface area contributed by atoms with Crippen LogP contribution < -0.4 is 45.3 Å². The van der Waals surface area contributed by atoms with Crippen molar-refractivity contribution in [1.82, 2.24) is 15.0 Å². The van der Waals surface area contributed by atoms with Crippen LogP contribution in [0.5, 0.6) is 0 Å².